The molecule has 1 aromatic rings. The number of benzene rings is 1. The molecule has 0 bridgehead atoms. The summed E-state index contributed by atoms with van der Waals surface area (Å²) in [4.78, 5) is 0. The molecule has 0 N–H and O–H groups in total. The maximum Gasteiger partial charge on any atom is 0.0844 e. The van der Waals surface area contributed by atoms with Crippen molar-refractivity contribution in [3.8, 4) is 0 Å². The molecule has 0 spiro atoms. The molecule has 0 amide bonds. The van der Waals surface area contributed by atoms with Crippen LogP contribution in [0.3, 0.4) is 0 Å². The molecule has 2 heterocycles. The second-order valence-corrected chi connectivity index (χ2v) is 10.8. The van der Waals surface area contributed by atoms with Gasteiger partial charge in [0.25, 0.3) is 0 Å². The van der Waals surface area contributed by atoms with Crippen LogP contribution in [0.5, 0.6) is 0 Å². The van der Waals surface area contributed by atoms with E-state index in [1.54, 1.807) is 11.1 Å². The first-order valence-corrected chi connectivity index (χ1v) is 11.9. The molecule has 2 saturated heterocycles. The van der Waals surface area contributed by atoms with Crippen molar-refractivity contribution >= 4 is 0 Å². The molecule has 0 aromatic heterocycles. The smallest absolute Gasteiger partial charge is 0.0844 e. The molecule has 4 fully saturated rings. The minimum atomic E-state index is 0.573. The topological polar surface area (TPSA) is 25.1 Å². The van der Waals surface area contributed by atoms with Gasteiger partial charge in [0, 0.05) is 0 Å². The molecule has 154 valence electrons. The van der Waals surface area contributed by atoms with Crippen LogP contribution >= 0.6 is 0 Å². The van der Waals surface area contributed by atoms with Gasteiger partial charge in [-0.15, -0.1) is 0 Å². The van der Waals surface area contributed by atoms with E-state index in [-0.39, 0.29) is 0 Å². The molecular weight excluding hydrogens is 344 g/mol. The maximum atomic E-state index is 5.82. The monoisotopic (exact) mass is 382 g/mol. The fourth-order valence-corrected chi connectivity index (χ4v) is 6.87. The third kappa shape index (κ3) is 3.67. The molecule has 0 radical (unpaired) electrons. The Morgan fingerprint density at radius 1 is 0.607 bits per heavy atom. The van der Waals surface area contributed by atoms with E-state index >= 15 is 0 Å². The van der Waals surface area contributed by atoms with Crippen LogP contribution in [0, 0.1) is 23.7 Å². The largest absolute Gasteiger partial charge is 0.370 e. The summed E-state index contributed by atoms with van der Waals surface area (Å²) in [6, 6.07) is 9.87. The van der Waals surface area contributed by atoms with E-state index in [9.17, 15) is 0 Å². The molecule has 8 atom stereocenters. The lowest BCUT2D eigenvalue weighted by Gasteiger charge is -2.34. The van der Waals surface area contributed by atoms with E-state index in [2.05, 4.69) is 52.0 Å². The highest BCUT2D eigenvalue weighted by Crippen LogP contribution is 2.49. The first-order valence-electron chi connectivity index (χ1n) is 11.9. The normalized spacial score (nSPS) is 38.6. The third-order valence-electron chi connectivity index (χ3n) is 8.25. The van der Waals surface area contributed by atoms with Crippen molar-refractivity contribution in [1.82, 2.24) is 0 Å². The average molecular weight is 383 g/mol. The van der Waals surface area contributed by atoms with Gasteiger partial charge >= 0.3 is 0 Å². The summed E-state index contributed by atoms with van der Waals surface area (Å²) in [5.41, 5.74) is 3.11. The van der Waals surface area contributed by atoms with Gasteiger partial charge in [0.05, 0.1) is 24.4 Å². The van der Waals surface area contributed by atoms with E-state index in [0.29, 0.717) is 48.1 Å². The maximum absolute atomic E-state index is 5.82. The molecule has 4 aliphatic rings. The summed E-state index contributed by atoms with van der Waals surface area (Å²) in [6.07, 6.45) is 10.1. The predicted molar refractivity (Wildman–Crippen MR) is 114 cm³/mol. The van der Waals surface area contributed by atoms with Crippen LogP contribution in [0.1, 0.15) is 89.2 Å². The SMILES string of the molecule is CC(C)C(c1ccc(C(C(C)C)C2CCC3OC3C2)cc1)C1CCC2OC2C1. The van der Waals surface area contributed by atoms with Crippen molar-refractivity contribution in [3.63, 3.8) is 0 Å². The van der Waals surface area contributed by atoms with Crippen LogP contribution in [-0.2, 0) is 9.47 Å². The van der Waals surface area contributed by atoms with Crippen molar-refractivity contribution in [2.45, 2.75) is 102 Å². The van der Waals surface area contributed by atoms with Crippen LogP contribution in [0.15, 0.2) is 24.3 Å². The minimum Gasteiger partial charge on any atom is -0.370 e. The second kappa shape index (κ2) is 7.43. The molecule has 28 heavy (non-hydrogen) atoms. The van der Waals surface area contributed by atoms with E-state index in [0.717, 1.165) is 11.8 Å². The summed E-state index contributed by atoms with van der Waals surface area (Å²) in [6.45, 7) is 9.62. The Balaban J connectivity index is 1.34. The van der Waals surface area contributed by atoms with E-state index in [1.807, 2.05) is 0 Å². The van der Waals surface area contributed by atoms with Crippen LogP contribution in [0.2, 0.25) is 0 Å². The second-order valence-electron chi connectivity index (χ2n) is 10.8. The number of fused-ring (bicyclic) bond motifs is 2. The Kier molecular flexibility index (Phi) is 5.08. The summed E-state index contributed by atoms with van der Waals surface area (Å²) < 4.78 is 11.6. The molecule has 1 aromatic carbocycles. The molecule has 5 rings (SSSR count). The Morgan fingerprint density at radius 3 is 1.32 bits per heavy atom. The first kappa shape index (κ1) is 19.1. The van der Waals surface area contributed by atoms with Crippen molar-refractivity contribution in [2.75, 3.05) is 0 Å². The van der Waals surface area contributed by atoms with Crippen LogP contribution in [0.4, 0.5) is 0 Å². The number of hydrogen-bond donors (Lipinski definition) is 0. The molecule has 2 heteroatoms. The molecule has 2 nitrogen and oxygen atoms in total. The Morgan fingerprint density at radius 2 is 1.00 bits per heavy atom. The quantitative estimate of drug-likeness (QED) is 0.539. The van der Waals surface area contributed by atoms with Gasteiger partial charge in [-0.25, -0.2) is 0 Å². The number of hydrogen-bond acceptors (Lipinski definition) is 2. The van der Waals surface area contributed by atoms with Crippen LogP contribution in [0.25, 0.3) is 0 Å². The lowest BCUT2D eigenvalue weighted by Crippen LogP contribution is -2.25. The number of ether oxygens (including phenoxy) is 2. The lowest BCUT2D eigenvalue weighted by atomic mass is 9.70. The summed E-state index contributed by atoms with van der Waals surface area (Å²) in [5.74, 6) is 4.30. The van der Waals surface area contributed by atoms with Crippen LogP contribution < -0.4 is 0 Å². The Hall–Kier alpha value is -0.860. The molecule has 2 aliphatic carbocycles. The summed E-state index contributed by atoms with van der Waals surface area (Å²) in [7, 11) is 0. The van der Waals surface area contributed by atoms with Crippen molar-refractivity contribution in [2.24, 2.45) is 23.7 Å². The summed E-state index contributed by atoms with van der Waals surface area (Å²) >= 11 is 0. The zero-order chi connectivity index (χ0) is 19.4. The molecule has 8 unspecified atom stereocenters. The lowest BCUT2D eigenvalue weighted by molar-refractivity contribution is 0.272. The zero-order valence-electron chi connectivity index (χ0n) is 18.1. The average Bonchev–Trinajstić information content (AvgIpc) is 3.56. The van der Waals surface area contributed by atoms with Gasteiger partial charge in [0.2, 0.25) is 0 Å². The number of rotatable bonds is 6. The van der Waals surface area contributed by atoms with Gasteiger partial charge in [-0.2, -0.15) is 0 Å². The fraction of sp³-hybridized carbons (Fsp3) is 0.769. The highest BCUT2D eigenvalue weighted by molar-refractivity contribution is 5.30. The van der Waals surface area contributed by atoms with Gasteiger partial charge in [0.15, 0.2) is 0 Å². The van der Waals surface area contributed by atoms with Gasteiger partial charge in [-0.1, -0.05) is 52.0 Å². The minimum absolute atomic E-state index is 0.573. The van der Waals surface area contributed by atoms with Gasteiger partial charge < -0.3 is 9.47 Å². The van der Waals surface area contributed by atoms with Crippen molar-refractivity contribution in [1.29, 1.82) is 0 Å². The van der Waals surface area contributed by atoms with Gasteiger partial charge in [0.1, 0.15) is 0 Å². The van der Waals surface area contributed by atoms with Crippen molar-refractivity contribution < 1.29 is 9.47 Å². The third-order valence-corrected chi connectivity index (χ3v) is 8.25. The highest BCUT2D eigenvalue weighted by Gasteiger charge is 2.47. The number of epoxide rings is 2. The van der Waals surface area contributed by atoms with Gasteiger partial charge in [-0.05, 0) is 85.2 Å². The molecule has 2 aliphatic heterocycles. The molecular formula is C26H38O2. The highest BCUT2D eigenvalue weighted by atomic mass is 16.6. The van der Waals surface area contributed by atoms with Crippen molar-refractivity contribution in [3.05, 3.63) is 35.4 Å². The van der Waals surface area contributed by atoms with E-state index in [4.69, 9.17) is 9.47 Å². The van der Waals surface area contributed by atoms with E-state index < -0.39 is 0 Å². The standard InChI is InChI=1S/C26H38O2/c1-15(2)25(19-9-11-21-23(13-19)27-21)17-5-7-18(8-6-17)26(16(3)4)20-10-12-22-24(14-20)28-22/h5-8,15-16,19-26H,9-14H2,1-4H3. The Labute approximate surface area is 171 Å². The zero-order valence-corrected chi connectivity index (χ0v) is 18.1. The molecule has 2 saturated carbocycles. The predicted octanol–water partition coefficient (Wildman–Crippen LogP) is 6.30. The van der Waals surface area contributed by atoms with Gasteiger partial charge in [-0.3, -0.25) is 0 Å². The van der Waals surface area contributed by atoms with Crippen LogP contribution in [-0.4, -0.2) is 24.4 Å². The first-order chi connectivity index (χ1) is 13.5. The Bertz CT molecular complexity index is 619. The summed E-state index contributed by atoms with van der Waals surface area (Å²) in [5, 5.41) is 0. The van der Waals surface area contributed by atoms with E-state index in [1.165, 1.54) is 38.5 Å². The fourth-order valence-electron chi connectivity index (χ4n) is 6.87.